The monoisotopic (exact) mass is 518 g/mol. The zero-order valence-electron chi connectivity index (χ0n) is 22.4. The van der Waals surface area contributed by atoms with Crippen molar-refractivity contribution in [3.05, 3.63) is 89.0 Å². The Bertz CT molecular complexity index is 1330. The molecule has 0 spiro atoms. The van der Waals surface area contributed by atoms with E-state index in [2.05, 4.69) is 61.2 Å². The van der Waals surface area contributed by atoms with Crippen molar-refractivity contribution in [3.63, 3.8) is 0 Å². The van der Waals surface area contributed by atoms with E-state index < -0.39 is 10.0 Å². The van der Waals surface area contributed by atoms with Crippen LogP contribution in [0.25, 0.3) is 11.1 Å². The van der Waals surface area contributed by atoms with Gasteiger partial charge in [0.05, 0.1) is 11.5 Å². The number of fused-ring (bicyclic) bond motifs is 1. The van der Waals surface area contributed by atoms with Crippen molar-refractivity contribution in [2.75, 3.05) is 33.4 Å². The van der Waals surface area contributed by atoms with E-state index in [9.17, 15) is 8.42 Å². The van der Waals surface area contributed by atoms with E-state index in [4.69, 9.17) is 4.74 Å². The summed E-state index contributed by atoms with van der Waals surface area (Å²) in [6.07, 6.45) is 1.85. The maximum atomic E-state index is 13.7. The summed E-state index contributed by atoms with van der Waals surface area (Å²) < 4.78 is 34.8. The molecule has 37 heavy (non-hydrogen) atoms. The van der Waals surface area contributed by atoms with Gasteiger partial charge in [-0.2, -0.15) is 4.31 Å². The van der Waals surface area contributed by atoms with Crippen LogP contribution in [0.2, 0.25) is 0 Å². The van der Waals surface area contributed by atoms with E-state index in [0.29, 0.717) is 24.6 Å². The van der Waals surface area contributed by atoms with Gasteiger partial charge in [-0.1, -0.05) is 71.8 Å². The van der Waals surface area contributed by atoms with Crippen LogP contribution < -0.4 is 0 Å². The first-order valence-corrected chi connectivity index (χ1v) is 14.7. The summed E-state index contributed by atoms with van der Waals surface area (Å²) in [4.78, 5) is 2.90. The van der Waals surface area contributed by atoms with Crippen molar-refractivity contribution in [3.8, 4) is 11.1 Å². The zero-order chi connectivity index (χ0) is 26.2. The number of ether oxygens (including phenoxy) is 1. The second kappa shape index (κ2) is 10.7. The standard InChI is InChI=1S/C31H38N2O3S/c1-22-17-23(2)19-27(18-22)25-11-13-26(14-12-25)31-28-20-32(15-7-8-16-33(28)29(31)21-36-4)37(34,35)30-10-6-5-9-24(30)3/h5-6,9-14,17-19,28-29,31H,7-8,15-16,20-21H2,1-4H3/t28?,29-,31+/m1/s1. The van der Waals surface area contributed by atoms with Gasteiger partial charge in [-0.25, -0.2) is 8.42 Å². The van der Waals surface area contributed by atoms with Crippen molar-refractivity contribution in [1.29, 1.82) is 0 Å². The minimum atomic E-state index is -3.57. The summed E-state index contributed by atoms with van der Waals surface area (Å²) in [6.45, 7) is 8.83. The molecule has 0 aliphatic carbocycles. The van der Waals surface area contributed by atoms with Gasteiger partial charge in [-0.3, -0.25) is 4.90 Å². The molecule has 2 aliphatic heterocycles. The maximum absolute atomic E-state index is 13.7. The number of aryl methyl sites for hydroxylation is 3. The summed E-state index contributed by atoms with van der Waals surface area (Å²) in [7, 11) is -1.81. The van der Waals surface area contributed by atoms with Crippen LogP contribution in [0.1, 0.15) is 41.0 Å². The number of hydrogen-bond acceptors (Lipinski definition) is 4. The van der Waals surface area contributed by atoms with Crippen LogP contribution >= 0.6 is 0 Å². The first-order valence-electron chi connectivity index (χ1n) is 13.3. The molecule has 0 aromatic heterocycles. The fraction of sp³-hybridized carbons (Fsp3) is 0.419. The lowest BCUT2D eigenvalue weighted by molar-refractivity contribution is -0.0635. The van der Waals surface area contributed by atoms with Gasteiger partial charge < -0.3 is 4.74 Å². The minimum absolute atomic E-state index is 0.131. The Morgan fingerprint density at radius 3 is 2.22 bits per heavy atom. The predicted octanol–water partition coefficient (Wildman–Crippen LogP) is 5.55. The highest BCUT2D eigenvalue weighted by Crippen LogP contribution is 2.43. The first kappa shape index (κ1) is 26.1. The number of sulfonamides is 1. The summed E-state index contributed by atoms with van der Waals surface area (Å²) in [6, 6.07) is 23.2. The number of rotatable bonds is 6. The average molecular weight is 519 g/mol. The van der Waals surface area contributed by atoms with Crippen LogP contribution in [0, 0.1) is 20.8 Å². The van der Waals surface area contributed by atoms with Crippen LogP contribution in [0.15, 0.2) is 71.6 Å². The molecule has 3 aromatic carbocycles. The van der Waals surface area contributed by atoms with Gasteiger partial charge >= 0.3 is 0 Å². The van der Waals surface area contributed by atoms with Gasteiger partial charge in [0.15, 0.2) is 0 Å². The van der Waals surface area contributed by atoms with E-state index >= 15 is 0 Å². The molecule has 196 valence electrons. The lowest BCUT2D eigenvalue weighted by Crippen LogP contribution is -2.68. The van der Waals surface area contributed by atoms with Crippen molar-refractivity contribution in [2.45, 2.75) is 56.5 Å². The van der Waals surface area contributed by atoms with Gasteiger partial charge in [0.2, 0.25) is 10.0 Å². The minimum Gasteiger partial charge on any atom is -0.383 e. The summed E-state index contributed by atoms with van der Waals surface area (Å²) in [5, 5.41) is 0. The molecule has 0 N–H and O–H groups in total. The van der Waals surface area contributed by atoms with Crippen molar-refractivity contribution in [2.24, 2.45) is 0 Å². The summed E-state index contributed by atoms with van der Waals surface area (Å²) in [5.74, 6) is 0.223. The third-order valence-corrected chi connectivity index (χ3v) is 10.1. The number of nitrogens with zero attached hydrogens (tertiary/aromatic N) is 2. The number of methoxy groups -OCH3 is 1. The Kier molecular flexibility index (Phi) is 7.55. The molecular formula is C31H38N2O3S. The fourth-order valence-corrected chi connectivity index (χ4v) is 8.02. The molecule has 3 atom stereocenters. The first-order chi connectivity index (χ1) is 17.8. The maximum Gasteiger partial charge on any atom is 0.243 e. The fourth-order valence-electron chi connectivity index (χ4n) is 6.30. The number of benzene rings is 3. The molecule has 5 nitrogen and oxygen atoms in total. The van der Waals surface area contributed by atoms with Crippen LogP contribution in [0.5, 0.6) is 0 Å². The summed E-state index contributed by atoms with van der Waals surface area (Å²) in [5.41, 5.74) is 7.01. The largest absolute Gasteiger partial charge is 0.383 e. The van der Waals surface area contributed by atoms with Crippen molar-refractivity contribution in [1.82, 2.24) is 9.21 Å². The highest BCUT2D eigenvalue weighted by Gasteiger charge is 2.50. The topological polar surface area (TPSA) is 49.9 Å². The van der Waals surface area contributed by atoms with Gasteiger partial charge in [-0.15, -0.1) is 0 Å². The molecule has 3 aromatic rings. The second-order valence-electron chi connectivity index (χ2n) is 10.7. The van der Waals surface area contributed by atoms with Crippen LogP contribution in [-0.2, 0) is 14.8 Å². The molecule has 2 saturated heterocycles. The Hall–Kier alpha value is -2.51. The van der Waals surface area contributed by atoms with Crippen molar-refractivity contribution >= 4 is 10.0 Å². The Labute approximate surface area is 222 Å². The van der Waals surface area contributed by atoms with Crippen LogP contribution in [0.3, 0.4) is 0 Å². The Balaban J connectivity index is 1.45. The molecule has 6 heteroatoms. The highest BCUT2D eigenvalue weighted by atomic mass is 32.2. The Morgan fingerprint density at radius 2 is 1.54 bits per heavy atom. The molecule has 0 radical (unpaired) electrons. The molecule has 0 bridgehead atoms. The summed E-state index contributed by atoms with van der Waals surface area (Å²) >= 11 is 0. The highest BCUT2D eigenvalue weighted by molar-refractivity contribution is 7.89. The average Bonchev–Trinajstić information content (AvgIpc) is 2.85. The quantitative estimate of drug-likeness (QED) is 0.430. The van der Waals surface area contributed by atoms with Gasteiger partial charge in [0.1, 0.15) is 0 Å². The van der Waals surface area contributed by atoms with E-state index in [1.807, 2.05) is 25.1 Å². The molecule has 0 amide bonds. The SMILES string of the molecule is COC[C@@H]1[C@@H](c2ccc(-c3cc(C)cc(C)c3)cc2)C2CN(S(=O)(=O)c3ccccc3C)CCCCN21. The van der Waals surface area contributed by atoms with Crippen LogP contribution in [0.4, 0.5) is 0 Å². The molecule has 2 fully saturated rings. The van der Waals surface area contributed by atoms with Gasteiger partial charge in [0.25, 0.3) is 0 Å². The molecule has 0 saturated carbocycles. The van der Waals surface area contributed by atoms with Crippen LogP contribution in [-0.4, -0.2) is 63.1 Å². The van der Waals surface area contributed by atoms with E-state index in [0.717, 1.165) is 24.9 Å². The lowest BCUT2D eigenvalue weighted by Gasteiger charge is -2.57. The molecule has 2 heterocycles. The second-order valence-corrected chi connectivity index (χ2v) is 12.6. The van der Waals surface area contributed by atoms with E-state index in [1.165, 1.54) is 27.8 Å². The molecular weight excluding hydrogens is 480 g/mol. The zero-order valence-corrected chi connectivity index (χ0v) is 23.2. The predicted molar refractivity (Wildman–Crippen MR) is 149 cm³/mol. The third kappa shape index (κ3) is 5.13. The van der Waals surface area contributed by atoms with Crippen molar-refractivity contribution < 1.29 is 13.2 Å². The lowest BCUT2D eigenvalue weighted by atomic mass is 9.74. The van der Waals surface area contributed by atoms with E-state index in [-0.39, 0.29) is 18.0 Å². The Morgan fingerprint density at radius 1 is 0.865 bits per heavy atom. The smallest absolute Gasteiger partial charge is 0.243 e. The normalized spacial score (nSPS) is 23.1. The van der Waals surface area contributed by atoms with Gasteiger partial charge in [0, 0.05) is 38.2 Å². The van der Waals surface area contributed by atoms with E-state index in [1.54, 1.807) is 17.5 Å². The number of hydrogen-bond donors (Lipinski definition) is 0. The molecule has 2 aliphatic rings. The van der Waals surface area contributed by atoms with Gasteiger partial charge in [-0.05, 0) is 68.5 Å². The molecule has 1 unspecified atom stereocenters. The molecule has 5 rings (SSSR count). The third-order valence-electron chi connectivity index (χ3n) is 8.05.